The SMILES string of the molecule is CCOc1ccc(-n2c(C)nnc2S[C@H](C[N+](=O)[O-])c2cc(Br)ccc2OCc2cccc([N+](=O)[O-])c2)cc1. The fourth-order valence-electron chi connectivity index (χ4n) is 3.86. The van der Waals surface area contributed by atoms with Crippen LogP contribution in [-0.2, 0) is 6.61 Å². The first-order valence-electron chi connectivity index (χ1n) is 11.8. The molecule has 1 atom stereocenters. The number of halogens is 1. The Morgan fingerprint density at radius 2 is 1.79 bits per heavy atom. The van der Waals surface area contributed by atoms with Crippen molar-refractivity contribution >= 4 is 33.4 Å². The predicted molar refractivity (Wildman–Crippen MR) is 149 cm³/mol. The molecule has 202 valence electrons. The second-order valence-corrected chi connectivity index (χ2v) is 10.4. The highest BCUT2D eigenvalue weighted by atomic mass is 79.9. The maximum atomic E-state index is 11.7. The van der Waals surface area contributed by atoms with Crippen LogP contribution >= 0.6 is 27.7 Å². The largest absolute Gasteiger partial charge is 0.494 e. The average Bonchev–Trinajstić information content (AvgIpc) is 3.27. The Balaban J connectivity index is 1.65. The van der Waals surface area contributed by atoms with Crippen LogP contribution in [-0.4, -0.2) is 37.8 Å². The number of nitrogens with zero attached hydrogens (tertiary/aromatic N) is 5. The Morgan fingerprint density at radius 1 is 1.03 bits per heavy atom. The summed E-state index contributed by atoms with van der Waals surface area (Å²) in [5.74, 6) is 1.78. The highest BCUT2D eigenvalue weighted by Crippen LogP contribution is 2.41. The molecule has 0 saturated heterocycles. The van der Waals surface area contributed by atoms with Crippen LogP contribution in [0.4, 0.5) is 5.69 Å². The van der Waals surface area contributed by atoms with Crippen molar-refractivity contribution in [1.82, 2.24) is 14.8 Å². The van der Waals surface area contributed by atoms with Crippen LogP contribution in [0.25, 0.3) is 5.69 Å². The van der Waals surface area contributed by atoms with Crippen molar-refractivity contribution in [2.24, 2.45) is 0 Å². The molecule has 4 rings (SSSR count). The van der Waals surface area contributed by atoms with E-state index in [1.807, 2.05) is 42.7 Å². The van der Waals surface area contributed by atoms with Gasteiger partial charge in [0.2, 0.25) is 6.54 Å². The van der Waals surface area contributed by atoms with Gasteiger partial charge in [0.1, 0.15) is 29.2 Å². The monoisotopic (exact) mass is 613 g/mol. The molecule has 0 aliphatic rings. The van der Waals surface area contributed by atoms with E-state index in [2.05, 4.69) is 26.1 Å². The molecular formula is C26H24BrN5O6S. The summed E-state index contributed by atoms with van der Waals surface area (Å²) in [5, 5.41) is 31.2. The number of nitro groups is 2. The zero-order chi connectivity index (χ0) is 27.9. The fraction of sp³-hybridized carbons (Fsp3) is 0.231. The lowest BCUT2D eigenvalue weighted by molar-refractivity contribution is -0.479. The Morgan fingerprint density at radius 3 is 2.49 bits per heavy atom. The number of nitro benzene ring substituents is 1. The van der Waals surface area contributed by atoms with Crippen LogP contribution in [0, 0.1) is 27.2 Å². The average molecular weight is 614 g/mol. The Labute approximate surface area is 236 Å². The van der Waals surface area contributed by atoms with E-state index in [1.165, 1.54) is 23.9 Å². The maximum absolute atomic E-state index is 11.7. The van der Waals surface area contributed by atoms with E-state index >= 15 is 0 Å². The number of rotatable bonds is 12. The van der Waals surface area contributed by atoms with Gasteiger partial charge in [-0.1, -0.05) is 39.8 Å². The van der Waals surface area contributed by atoms with E-state index in [-0.39, 0.29) is 17.2 Å². The number of aryl methyl sites for hydroxylation is 1. The number of benzene rings is 3. The fourth-order valence-corrected chi connectivity index (χ4v) is 5.43. The molecule has 11 nitrogen and oxygen atoms in total. The first kappa shape index (κ1) is 28.0. The van der Waals surface area contributed by atoms with E-state index in [0.29, 0.717) is 34.5 Å². The molecule has 39 heavy (non-hydrogen) atoms. The standard InChI is InChI=1S/C26H24BrN5O6S/c1-3-37-22-10-8-20(9-11-22)31-17(2)28-29-26(31)39-25(15-30(33)34)23-14-19(27)7-12-24(23)38-16-18-5-4-6-21(13-18)32(35)36/h4-14,25H,3,15-16H2,1-2H3/t25-/m1/s1. The van der Waals surface area contributed by atoms with Crippen molar-refractivity contribution in [1.29, 1.82) is 0 Å². The van der Waals surface area contributed by atoms with Crippen LogP contribution in [0.2, 0.25) is 0 Å². The summed E-state index contributed by atoms with van der Waals surface area (Å²) in [6.07, 6.45) is 0. The minimum Gasteiger partial charge on any atom is -0.494 e. The van der Waals surface area contributed by atoms with Crippen LogP contribution in [0.5, 0.6) is 11.5 Å². The molecule has 1 aromatic heterocycles. The number of thioether (sulfide) groups is 1. The minimum absolute atomic E-state index is 0.0436. The molecule has 4 aromatic rings. The summed E-state index contributed by atoms with van der Waals surface area (Å²) in [5.41, 5.74) is 1.93. The molecule has 3 aromatic carbocycles. The Bertz CT molecular complexity index is 1480. The summed E-state index contributed by atoms with van der Waals surface area (Å²) in [4.78, 5) is 22.0. The third kappa shape index (κ3) is 7.12. The van der Waals surface area contributed by atoms with Gasteiger partial charge in [-0.2, -0.15) is 0 Å². The van der Waals surface area contributed by atoms with E-state index in [0.717, 1.165) is 15.9 Å². The normalized spacial score (nSPS) is 11.7. The highest BCUT2D eigenvalue weighted by Gasteiger charge is 2.27. The molecule has 13 heteroatoms. The minimum atomic E-state index is -0.678. The molecule has 0 spiro atoms. The van der Waals surface area contributed by atoms with Crippen molar-refractivity contribution in [3.63, 3.8) is 0 Å². The predicted octanol–water partition coefficient (Wildman–Crippen LogP) is 6.33. The van der Waals surface area contributed by atoms with Gasteiger partial charge in [0, 0.05) is 32.8 Å². The summed E-state index contributed by atoms with van der Waals surface area (Å²) in [6, 6.07) is 18.8. The van der Waals surface area contributed by atoms with Crippen LogP contribution in [0.15, 0.2) is 76.4 Å². The molecule has 0 bridgehead atoms. The number of hydrogen-bond acceptors (Lipinski definition) is 9. The maximum Gasteiger partial charge on any atom is 0.269 e. The second-order valence-electron chi connectivity index (χ2n) is 8.31. The lowest BCUT2D eigenvalue weighted by Gasteiger charge is -2.18. The molecule has 0 radical (unpaired) electrons. The lowest BCUT2D eigenvalue weighted by Crippen LogP contribution is -2.13. The summed E-state index contributed by atoms with van der Waals surface area (Å²) < 4.78 is 14.1. The van der Waals surface area contributed by atoms with Crippen LogP contribution < -0.4 is 9.47 Å². The lowest BCUT2D eigenvalue weighted by atomic mass is 10.1. The first-order valence-corrected chi connectivity index (χ1v) is 13.5. The summed E-state index contributed by atoms with van der Waals surface area (Å²) in [6.45, 7) is 3.92. The summed E-state index contributed by atoms with van der Waals surface area (Å²) >= 11 is 4.66. The van der Waals surface area contributed by atoms with Gasteiger partial charge in [0.25, 0.3) is 5.69 Å². The van der Waals surface area contributed by atoms with Gasteiger partial charge < -0.3 is 9.47 Å². The number of non-ortho nitro benzene ring substituents is 1. The third-order valence-electron chi connectivity index (χ3n) is 5.60. The van der Waals surface area contributed by atoms with Gasteiger partial charge in [0.05, 0.1) is 11.5 Å². The van der Waals surface area contributed by atoms with Crippen LogP contribution in [0.3, 0.4) is 0 Å². The molecule has 1 heterocycles. The third-order valence-corrected chi connectivity index (χ3v) is 7.25. The van der Waals surface area contributed by atoms with Crippen molar-refractivity contribution in [2.75, 3.05) is 13.2 Å². The van der Waals surface area contributed by atoms with E-state index in [9.17, 15) is 20.2 Å². The van der Waals surface area contributed by atoms with Gasteiger partial charge in [-0.15, -0.1) is 10.2 Å². The van der Waals surface area contributed by atoms with Gasteiger partial charge in [-0.05, 0) is 61.9 Å². The molecule has 0 unspecified atom stereocenters. The van der Waals surface area contributed by atoms with E-state index < -0.39 is 16.7 Å². The van der Waals surface area contributed by atoms with Crippen molar-refractivity contribution in [3.05, 3.63) is 108 Å². The first-order chi connectivity index (χ1) is 18.7. The van der Waals surface area contributed by atoms with E-state index in [1.54, 1.807) is 30.3 Å². The smallest absolute Gasteiger partial charge is 0.269 e. The molecule has 0 amide bonds. The molecule has 0 aliphatic carbocycles. The van der Waals surface area contributed by atoms with Gasteiger partial charge in [-0.3, -0.25) is 24.8 Å². The van der Waals surface area contributed by atoms with Crippen molar-refractivity contribution < 1.29 is 19.3 Å². The second kappa shape index (κ2) is 12.7. The summed E-state index contributed by atoms with van der Waals surface area (Å²) in [7, 11) is 0. The molecule has 0 saturated carbocycles. The van der Waals surface area contributed by atoms with Crippen molar-refractivity contribution in [3.8, 4) is 17.2 Å². The number of hydrogen-bond donors (Lipinski definition) is 0. The van der Waals surface area contributed by atoms with Crippen LogP contribution in [0.1, 0.15) is 29.1 Å². The number of ether oxygens (including phenoxy) is 2. The molecule has 0 aliphatic heterocycles. The Kier molecular flexibility index (Phi) is 9.15. The molecular weight excluding hydrogens is 590 g/mol. The van der Waals surface area contributed by atoms with Gasteiger partial charge >= 0.3 is 0 Å². The van der Waals surface area contributed by atoms with Gasteiger partial charge in [-0.25, -0.2) is 0 Å². The topological polar surface area (TPSA) is 135 Å². The molecule has 0 fully saturated rings. The van der Waals surface area contributed by atoms with E-state index in [4.69, 9.17) is 9.47 Å². The molecule has 0 N–H and O–H groups in total. The zero-order valence-corrected chi connectivity index (χ0v) is 23.4. The van der Waals surface area contributed by atoms with Gasteiger partial charge in [0.15, 0.2) is 5.16 Å². The quantitative estimate of drug-likeness (QED) is 0.102. The number of aromatic nitrogens is 3. The Hall–Kier alpha value is -3.97. The highest BCUT2D eigenvalue weighted by molar-refractivity contribution is 9.10. The van der Waals surface area contributed by atoms with Crippen molar-refractivity contribution in [2.45, 2.75) is 30.9 Å². The zero-order valence-electron chi connectivity index (χ0n) is 21.0.